The van der Waals surface area contributed by atoms with Gasteiger partial charge in [0.25, 0.3) is 0 Å². The van der Waals surface area contributed by atoms with Gasteiger partial charge in [-0.1, -0.05) is 12.8 Å². The summed E-state index contributed by atoms with van der Waals surface area (Å²) in [7, 11) is 0. The molecule has 1 aliphatic rings. The van der Waals surface area contributed by atoms with Crippen molar-refractivity contribution in [1.29, 1.82) is 0 Å². The Kier molecular flexibility index (Phi) is 2.67. The highest BCUT2D eigenvalue weighted by Gasteiger charge is 2.21. The Balaban J connectivity index is 1.87. The molecule has 4 nitrogen and oxygen atoms in total. The van der Waals surface area contributed by atoms with E-state index in [1.165, 1.54) is 24.2 Å². The highest BCUT2D eigenvalue weighted by molar-refractivity contribution is 7.14. The number of hydrogen-bond acceptors (Lipinski definition) is 4. The molecule has 0 amide bonds. The van der Waals surface area contributed by atoms with Crippen molar-refractivity contribution in [3.05, 3.63) is 11.2 Å². The molecule has 0 aliphatic heterocycles. The molecule has 0 aromatic carbocycles. The SMILES string of the molecule is O=C(O)c1ncsc1NCCC1CC1. The third-order valence-corrected chi connectivity index (χ3v) is 3.09. The van der Waals surface area contributed by atoms with E-state index in [0.29, 0.717) is 5.00 Å². The summed E-state index contributed by atoms with van der Waals surface area (Å²) in [5, 5.41) is 12.6. The summed E-state index contributed by atoms with van der Waals surface area (Å²) in [6.45, 7) is 0.854. The van der Waals surface area contributed by atoms with Gasteiger partial charge in [-0.05, 0) is 12.3 Å². The van der Waals surface area contributed by atoms with E-state index in [0.717, 1.165) is 18.9 Å². The van der Waals surface area contributed by atoms with E-state index >= 15 is 0 Å². The average molecular weight is 212 g/mol. The number of aromatic carboxylic acids is 1. The number of nitrogens with zero attached hydrogens (tertiary/aromatic N) is 1. The van der Waals surface area contributed by atoms with Crippen LogP contribution in [0.2, 0.25) is 0 Å². The number of thiazole rings is 1. The van der Waals surface area contributed by atoms with E-state index in [4.69, 9.17) is 5.11 Å². The van der Waals surface area contributed by atoms with Crippen LogP contribution in [0.3, 0.4) is 0 Å². The maximum atomic E-state index is 10.7. The molecule has 0 radical (unpaired) electrons. The minimum Gasteiger partial charge on any atom is -0.476 e. The lowest BCUT2D eigenvalue weighted by Crippen LogP contribution is -2.06. The zero-order valence-electron chi connectivity index (χ0n) is 7.69. The summed E-state index contributed by atoms with van der Waals surface area (Å²) in [4.78, 5) is 14.5. The second kappa shape index (κ2) is 3.96. The first-order valence-electron chi connectivity index (χ1n) is 4.68. The maximum Gasteiger partial charge on any atom is 0.357 e. The van der Waals surface area contributed by atoms with Crippen LogP contribution >= 0.6 is 11.3 Å². The van der Waals surface area contributed by atoms with E-state index in [-0.39, 0.29) is 5.69 Å². The largest absolute Gasteiger partial charge is 0.476 e. The van der Waals surface area contributed by atoms with Gasteiger partial charge in [0.1, 0.15) is 5.00 Å². The smallest absolute Gasteiger partial charge is 0.357 e. The van der Waals surface area contributed by atoms with E-state index in [9.17, 15) is 4.79 Å². The number of hydrogen-bond donors (Lipinski definition) is 2. The molecule has 5 heteroatoms. The van der Waals surface area contributed by atoms with Crippen molar-refractivity contribution in [2.45, 2.75) is 19.3 Å². The summed E-state index contributed by atoms with van der Waals surface area (Å²) < 4.78 is 0. The standard InChI is InChI=1S/C9H12N2O2S/c12-9(13)7-8(14-5-11-7)10-4-3-6-1-2-6/h5-6,10H,1-4H2,(H,12,13). The molecule has 1 aromatic rings. The van der Waals surface area contributed by atoms with Crippen molar-refractivity contribution in [2.75, 3.05) is 11.9 Å². The molecular weight excluding hydrogens is 200 g/mol. The van der Waals surface area contributed by atoms with Crippen LogP contribution in [0.15, 0.2) is 5.51 Å². The van der Waals surface area contributed by atoms with Gasteiger partial charge in [-0.3, -0.25) is 0 Å². The summed E-state index contributed by atoms with van der Waals surface area (Å²) in [6, 6.07) is 0. The molecule has 0 unspecified atom stereocenters. The Labute approximate surface area is 86.0 Å². The first-order valence-corrected chi connectivity index (χ1v) is 5.56. The van der Waals surface area contributed by atoms with Crippen LogP contribution in [0.1, 0.15) is 29.8 Å². The molecule has 0 atom stereocenters. The van der Waals surface area contributed by atoms with Crippen molar-refractivity contribution in [3.63, 3.8) is 0 Å². The van der Waals surface area contributed by atoms with E-state index in [1.807, 2.05) is 0 Å². The van der Waals surface area contributed by atoms with E-state index < -0.39 is 5.97 Å². The first kappa shape index (κ1) is 9.45. The van der Waals surface area contributed by atoms with Gasteiger partial charge in [-0.2, -0.15) is 0 Å². The second-order valence-corrected chi connectivity index (χ2v) is 4.35. The fourth-order valence-electron chi connectivity index (χ4n) is 1.32. The van der Waals surface area contributed by atoms with E-state index in [1.54, 1.807) is 5.51 Å². The number of rotatable bonds is 5. The average Bonchev–Trinajstić information content (AvgIpc) is 2.82. The number of carboxylic acids is 1. The van der Waals surface area contributed by atoms with Gasteiger partial charge in [0.15, 0.2) is 5.69 Å². The lowest BCUT2D eigenvalue weighted by Gasteiger charge is -2.02. The zero-order chi connectivity index (χ0) is 9.97. The topological polar surface area (TPSA) is 62.2 Å². The molecule has 2 rings (SSSR count). The van der Waals surface area contributed by atoms with Crippen molar-refractivity contribution in [1.82, 2.24) is 4.98 Å². The van der Waals surface area contributed by atoms with Crippen molar-refractivity contribution in [2.24, 2.45) is 5.92 Å². The van der Waals surface area contributed by atoms with Crippen molar-refractivity contribution >= 4 is 22.3 Å². The Bertz CT molecular complexity index is 333. The Hall–Kier alpha value is -1.10. The number of carboxylic acid groups (broad SMARTS) is 1. The molecule has 1 aromatic heterocycles. The molecule has 14 heavy (non-hydrogen) atoms. The van der Waals surface area contributed by atoms with Crippen LogP contribution in [0.4, 0.5) is 5.00 Å². The molecule has 1 fully saturated rings. The monoisotopic (exact) mass is 212 g/mol. The van der Waals surface area contributed by atoms with Gasteiger partial charge in [0.05, 0.1) is 5.51 Å². The molecule has 0 spiro atoms. The molecule has 1 saturated carbocycles. The van der Waals surface area contributed by atoms with E-state index in [2.05, 4.69) is 10.3 Å². The van der Waals surface area contributed by atoms with Crippen LogP contribution in [0.5, 0.6) is 0 Å². The van der Waals surface area contributed by atoms with Gasteiger partial charge in [-0.15, -0.1) is 11.3 Å². The first-order chi connectivity index (χ1) is 6.77. The molecule has 2 N–H and O–H groups in total. The maximum absolute atomic E-state index is 10.7. The Morgan fingerprint density at radius 1 is 1.71 bits per heavy atom. The number of anilines is 1. The van der Waals surface area contributed by atoms with Crippen LogP contribution in [0.25, 0.3) is 0 Å². The highest BCUT2D eigenvalue weighted by Crippen LogP contribution is 2.32. The van der Waals surface area contributed by atoms with Gasteiger partial charge in [0, 0.05) is 6.54 Å². The summed E-state index contributed by atoms with van der Waals surface area (Å²) in [5.74, 6) is -0.0936. The fourth-order valence-corrected chi connectivity index (χ4v) is 2.02. The third kappa shape index (κ3) is 2.23. The lowest BCUT2D eigenvalue weighted by molar-refractivity contribution is 0.0692. The molecule has 1 aliphatic carbocycles. The Morgan fingerprint density at radius 2 is 2.50 bits per heavy atom. The molecule has 1 heterocycles. The molecule has 0 bridgehead atoms. The summed E-state index contributed by atoms with van der Waals surface area (Å²) >= 11 is 1.35. The third-order valence-electron chi connectivity index (χ3n) is 2.31. The second-order valence-electron chi connectivity index (χ2n) is 3.49. The minimum absolute atomic E-state index is 0.144. The number of carbonyl (C=O) groups is 1. The van der Waals surface area contributed by atoms with Gasteiger partial charge < -0.3 is 10.4 Å². The summed E-state index contributed by atoms with van der Waals surface area (Å²) in [6.07, 6.45) is 3.79. The molecule has 0 saturated heterocycles. The predicted molar refractivity (Wildman–Crippen MR) is 54.9 cm³/mol. The van der Waals surface area contributed by atoms with Gasteiger partial charge in [-0.25, -0.2) is 9.78 Å². The minimum atomic E-state index is -0.958. The number of nitrogens with one attached hydrogen (secondary N) is 1. The normalized spacial score (nSPS) is 15.4. The fraction of sp³-hybridized carbons (Fsp3) is 0.556. The van der Waals surface area contributed by atoms with Crippen LogP contribution in [-0.4, -0.2) is 22.6 Å². The molecule has 76 valence electrons. The quantitative estimate of drug-likeness (QED) is 0.784. The van der Waals surface area contributed by atoms with Crippen LogP contribution in [0, 0.1) is 5.92 Å². The van der Waals surface area contributed by atoms with Gasteiger partial charge in [0.2, 0.25) is 0 Å². The zero-order valence-corrected chi connectivity index (χ0v) is 8.51. The highest BCUT2D eigenvalue weighted by atomic mass is 32.1. The van der Waals surface area contributed by atoms with Gasteiger partial charge >= 0.3 is 5.97 Å². The molecular formula is C9H12N2O2S. The van der Waals surface area contributed by atoms with Crippen molar-refractivity contribution in [3.8, 4) is 0 Å². The Morgan fingerprint density at radius 3 is 3.14 bits per heavy atom. The number of aromatic nitrogens is 1. The van der Waals surface area contributed by atoms with Crippen molar-refractivity contribution < 1.29 is 9.90 Å². The lowest BCUT2D eigenvalue weighted by atomic mass is 10.3. The summed E-state index contributed by atoms with van der Waals surface area (Å²) in [5.41, 5.74) is 1.70. The van der Waals surface area contributed by atoms with Crippen LogP contribution in [-0.2, 0) is 0 Å². The van der Waals surface area contributed by atoms with Crippen LogP contribution < -0.4 is 5.32 Å². The predicted octanol–water partition coefficient (Wildman–Crippen LogP) is 2.05.